The molecule has 1 fully saturated rings. The number of ether oxygens (including phenoxy) is 2. The van der Waals surface area contributed by atoms with Gasteiger partial charge in [0.05, 0.1) is 0 Å². The van der Waals surface area contributed by atoms with Gasteiger partial charge in [0, 0.05) is 26.2 Å². The minimum atomic E-state index is -0.380. The van der Waals surface area contributed by atoms with E-state index in [4.69, 9.17) is 14.6 Å². The number of aliphatic hydroxyl groups excluding tert-OH is 1. The molecule has 2 N–H and O–H groups in total. The standard InChI is InChI=1S/C15H25NO4/c1-3-19-15-11(5-4-8-17)12(10-6-7-10)9-13(20-15)14(18)16-2/h9-12,15,17H,3-8H2,1-2H3,(H,16,18)/t11-,12+,15+/m0/s1. The first kappa shape index (κ1) is 15.3. The Balaban J connectivity index is 2.17. The van der Waals surface area contributed by atoms with Gasteiger partial charge in [-0.05, 0) is 50.5 Å². The second-order valence-electron chi connectivity index (χ2n) is 5.50. The summed E-state index contributed by atoms with van der Waals surface area (Å²) in [6.07, 6.45) is 5.60. The van der Waals surface area contributed by atoms with Crippen molar-refractivity contribution in [3.63, 3.8) is 0 Å². The number of aliphatic hydroxyl groups is 1. The lowest BCUT2D eigenvalue weighted by Gasteiger charge is -2.36. The highest BCUT2D eigenvalue weighted by Crippen LogP contribution is 2.47. The Morgan fingerprint density at radius 3 is 2.85 bits per heavy atom. The molecular weight excluding hydrogens is 258 g/mol. The molecule has 114 valence electrons. The second-order valence-corrected chi connectivity index (χ2v) is 5.50. The largest absolute Gasteiger partial charge is 0.459 e. The quantitative estimate of drug-likeness (QED) is 0.741. The van der Waals surface area contributed by atoms with Crippen LogP contribution in [0.25, 0.3) is 0 Å². The fourth-order valence-electron chi connectivity index (χ4n) is 2.93. The number of allylic oxidation sites excluding steroid dienone is 1. The topological polar surface area (TPSA) is 67.8 Å². The molecule has 2 aliphatic rings. The van der Waals surface area contributed by atoms with Gasteiger partial charge in [-0.25, -0.2) is 0 Å². The van der Waals surface area contributed by atoms with Gasteiger partial charge in [-0.1, -0.05) is 0 Å². The highest BCUT2D eigenvalue weighted by molar-refractivity contribution is 5.91. The third-order valence-electron chi connectivity index (χ3n) is 4.07. The van der Waals surface area contributed by atoms with Crippen LogP contribution in [0.5, 0.6) is 0 Å². The molecule has 0 aromatic heterocycles. The van der Waals surface area contributed by atoms with Crippen molar-refractivity contribution in [2.45, 2.75) is 38.9 Å². The fourth-order valence-corrected chi connectivity index (χ4v) is 2.93. The summed E-state index contributed by atoms with van der Waals surface area (Å²) in [5.74, 6) is 1.36. The van der Waals surface area contributed by atoms with E-state index in [1.165, 1.54) is 12.8 Å². The number of carbonyl (C=O) groups excluding carboxylic acids is 1. The summed E-state index contributed by atoms with van der Waals surface area (Å²) in [6, 6.07) is 0. The van der Waals surface area contributed by atoms with E-state index in [0.29, 0.717) is 24.2 Å². The Morgan fingerprint density at radius 1 is 1.55 bits per heavy atom. The first-order chi connectivity index (χ1) is 9.71. The van der Waals surface area contributed by atoms with Gasteiger partial charge >= 0.3 is 0 Å². The number of carbonyl (C=O) groups is 1. The average Bonchev–Trinajstić information content (AvgIpc) is 3.29. The smallest absolute Gasteiger partial charge is 0.285 e. The van der Waals surface area contributed by atoms with E-state index in [1.807, 2.05) is 13.0 Å². The van der Waals surface area contributed by atoms with Crippen molar-refractivity contribution in [3.05, 3.63) is 11.8 Å². The molecule has 0 saturated heterocycles. The minimum Gasteiger partial charge on any atom is -0.459 e. The Hall–Kier alpha value is -1.07. The molecule has 5 heteroatoms. The van der Waals surface area contributed by atoms with Gasteiger partial charge in [-0.2, -0.15) is 0 Å². The van der Waals surface area contributed by atoms with Crippen LogP contribution in [0, 0.1) is 17.8 Å². The van der Waals surface area contributed by atoms with Crippen molar-refractivity contribution in [1.29, 1.82) is 0 Å². The first-order valence-corrected chi connectivity index (χ1v) is 7.54. The van der Waals surface area contributed by atoms with Crippen LogP contribution in [-0.4, -0.2) is 37.6 Å². The first-order valence-electron chi connectivity index (χ1n) is 7.54. The molecule has 1 heterocycles. The van der Waals surface area contributed by atoms with Gasteiger partial charge in [0.25, 0.3) is 5.91 Å². The van der Waals surface area contributed by atoms with Gasteiger partial charge in [0.2, 0.25) is 6.29 Å². The Morgan fingerprint density at radius 2 is 2.30 bits per heavy atom. The SMILES string of the molecule is CCO[C@@H]1OC(C(=O)NC)=C[C@H](C2CC2)[C@@H]1CCCO. The fraction of sp³-hybridized carbons (Fsp3) is 0.800. The zero-order chi connectivity index (χ0) is 14.5. The van der Waals surface area contributed by atoms with E-state index < -0.39 is 0 Å². The summed E-state index contributed by atoms with van der Waals surface area (Å²) in [5.41, 5.74) is 0. The van der Waals surface area contributed by atoms with E-state index in [0.717, 1.165) is 12.8 Å². The molecular formula is C15H25NO4. The normalized spacial score (nSPS) is 29.6. The Bertz CT molecular complexity index is 365. The van der Waals surface area contributed by atoms with Crippen LogP contribution in [-0.2, 0) is 14.3 Å². The predicted octanol–water partition coefficient (Wildman–Crippen LogP) is 1.42. The van der Waals surface area contributed by atoms with Crippen molar-refractivity contribution in [3.8, 4) is 0 Å². The van der Waals surface area contributed by atoms with E-state index in [1.54, 1.807) is 7.05 Å². The summed E-state index contributed by atoms with van der Waals surface area (Å²) < 4.78 is 11.4. The van der Waals surface area contributed by atoms with Crippen LogP contribution >= 0.6 is 0 Å². The van der Waals surface area contributed by atoms with Crippen LogP contribution in [0.1, 0.15) is 32.6 Å². The predicted molar refractivity (Wildman–Crippen MR) is 74.7 cm³/mol. The van der Waals surface area contributed by atoms with Gasteiger partial charge in [-0.15, -0.1) is 0 Å². The molecule has 1 aliphatic carbocycles. The number of amides is 1. The van der Waals surface area contributed by atoms with Crippen LogP contribution in [0.2, 0.25) is 0 Å². The number of likely N-dealkylation sites (N-methyl/N-ethyl adjacent to an activating group) is 1. The van der Waals surface area contributed by atoms with Gasteiger partial charge in [-0.3, -0.25) is 4.79 Å². The molecule has 0 spiro atoms. The summed E-state index contributed by atoms with van der Waals surface area (Å²) in [7, 11) is 1.60. The summed E-state index contributed by atoms with van der Waals surface area (Å²) >= 11 is 0. The number of hydrogen-bond acceptors (Lipinski definition) is 4. The molecule has 0 bridgehead atoms. The maximum Gasteiger partial charge on any atom is 0.285 e. The summed E-state index contributed by atoms with van der Waals surface area (Å²) in [4.78, 5) is 11.8. The van der Waals surface area contributed by atoms with Gasteiger partial charge in [0.1, 0.15) is 0 Å². The number of nitrogens with one attached hydrogen (secondary N) is 1. The summed E-state index contributed by atoms with van der Waals surface area (Å²) in [6.45, 7) is 2.66. The number of hydrogen-bond donors (Lipinski definition) is 2. The lowest BCUT2D eigenvalue weighted by Crippen LogP contribution is -2.39. The number of rotatable bonds is 7. The minimum absolute atomic E-state index is 0.179. The molecule has 0 unspecified atom stereocenters. The molecule has 5 nitrogen and oxygen atoms in total. The maximum absolute atomic E-state index is 11.8. The van der Waals surface area contributed by atoms with Crippen LogP contribution in [0.3, 0.4) is 0 Å². The van der Waals surface area contributed by atoms with Crippen molar-refractivity contribution < 1.29 is 19.4 Å². The monoisotopic (exact) mass is 283 g/mol. The van der Waals surface area contributed by atoms with Crippen LogP contribution in [0.15, 0.2) is 11.8 Å². The Kier molecular flexibility index (Phi) is 5.43. The molecule has 20 heavy (non-hydrogen) atoms. The highest BCUT2D eigenvalue weighted by atomic mass is 16.7. The molecule has 1 aliphatic heterocycles. The molecule has 0 aromatic rings. The maximum atomic E-state index is 11.8. The lowest BCUT2D eigenvalue weighted by atomic mass is 9.82. The molecule has 1 amide bonds. The zero-order valence-corrected chi connectivity index (χ0v) is 12.3. The van der Waals surface area contributed by atoms with E-state index in [2.05, 4.69) is 5.32 Å². The molecule has 1 saturated carbocycles. The molecule has 3 atom stereocenters. The van der Waals surface area contributed by atoms with Crippen molar-refractivity contribution >= 4 is 5.91 Å². The van der Waals surface area contributed by atoms with E-state index in [9.17, 15) is 4.79 Å². The van der Waals surface area contributed by atoms with Crippen LogP contribution in [0.4, 0.5) is 0 Å². The molecule has 0 aromatic carbocycles. The van der Waals surface area contributed by atoms with Crippen LogP contribution < -0.4 is 5.32 Å². The van der Waals surface area contributed by atoms with Gasteiger partial charge in [0.15, 0.2) is 5.76 Å². The Labute approximate surface area is 120 Å². The van der Waals surface area contributed by atoms with Gasteiger partial charge < -0.3 is 19.9 Å². The molecule has 2 rings (SSSR count). The van der Waals surface area contributed by atoms with E-state index in [-0.39, 0.29) is 24.7 Å². The second kappa shape index (κ2) is 7.09. The van der Waals surface area contributed by atoms with Crippen molar-refractivity contribution in [2.24, 2.45) is 17.8 Å². The van der Waals surface area contributed by atoms with Crippen molar-refractivity contribution in [2.75, 3.05) is 20.3 Å². The highest BCUT2D eigenvalue weighted by Gasteiger charge is 2.43. The average molecular weight is 283 g/mol. The molecule has 0 radical (unpaired) electrons. The summed E-state index contributed by atoms with van der Waals surface area (Å²) in [5, 5.41) is 11.7. The van der Waals surface area contributed by atoms with Crippen molar-refractivity contribution in [1.82, 2.24) is 5.32 Å². The third kappa shape index (κ3) is 3.52. The van der Waals surface area contributed by atoms with E-state index >= 15 is 0 Å². The zero-order valence-electron chi connectivity index (χ0n) is 12.3. The lowest BCUT2D eigenvalue weighted by molar-refractivity contribution is -0.173. The third-order valence-corrected chi connectivity index (χ3v) is 4.07.